The molecule has 0 spiro atoms. The van der Waals surface area contributed by atoms with Gasteiger partial charge in [-0.15, -0.1) is 0 Å². The number of carbonyl (C=O) groups is 1. The average molecular weight is 422 g/mol. The summed E-state index contributed by atoms with van der Waals surface area (Å²) in [6.45, 7) is 6.91. The van der Waals surface area contributed by atoms with Crippen molar-refractivity contribution in [2.24, 2.45) is 0 Å². The number of benzene rings is 2. The van der Waals surface area contributed by atoms with E-state index in [0.717, 1.165) is 17.7 Å². The van der Waals surface area contributed by atoms with Crippen molar-refractivity contribution in [3.05, 3.63) is 65.2 Å². The van der Waals surface area contributed by atoms with Crippen molar-refractivity contribution >= 4 is 15.9 Å². The molecule has 29 heavy (non-hydrogen) atoms. The Morgan fingerprint density at radius 1 is 0.897 bits per heavy atom. The Morgan fingerprint density at radius 2 is 1.48 bits per heavy atom. The van der Waals surface area contributed by atoms with E-state index in [2.05, 4.69) is 20.8 Å². The van der Waals surface area contributed by atoms with Crippen LogP contribution in [0.4, 0.5) is 8.78 Å². The molecule has 0 unspecified atom stereocenters. The number of amides is 1. The minimum atomic E-state index is -3.95. The Balaban J connectivity index is 1.68. The van der Waals surface area contributed by atoms with Crippen LogP contribution >= 0.6 is 0 Å². The molecule has 0 atom stereocenters. The summed E-state index contributed by atoms with van der Waals surface area (Å²) in [5, 5.41) is 0. The zero-order valence-corrected chi connectivity index (χ0v) is 17.5. The van der Waals surface area contributed by atoms with Crippen LogP contribution in [0, 0.1) is 11.6 Å². The van der Waals surface area contributed by atoms with Crippen molar-refractivity contribution in [1.82, 2.24) is 9.21 Å². The monoisotopic (exact) mass is 422 g/mol. The van der Waals surface area contributed by atoms with Crippen molar-refractivity contribution < 1.29 is 22.0 Å². The first-order chi connectivity index (χ1) is 13.5. The fourth-order valence-electron chi connectivity index (χ4n) is 3.21. The molecule has 8 heteroatoms. The van der Waals surface area contributed by atoms with E-state index in [-0.39, 0.29) is 42.4 Å². The number of hydrogen-bond donors (Lipinski definition) is 0. The lowest BCUT2D eigenvalue weighted by atomic mass is 9.86. The smallest absolute Gasteiger partial charge is 0.253 e. The van der Waals surface area contributed by atoms with Gasteiger partial charge in [-0.25, -0.2) is 17.2 Å². The molecule has 1 aliphatic heterocycles. The van der Waals surface area contributed by atoms with Crippen molar-refractivity contribution in [3.8, 4) is 0 Å². The van der Waals surface area contributed by atoms with Crippen LogP contribution in [-0.4, -0.2) is 49.7 Å². The Labute approximate surface area is 170 Å². The number of nitrogens with zero attached hydrogens (tertiary/aromatic N) is 2. The molecule has 2 aromatic carbocycles. The summed E-state index contributed by atoms with van der Waals surface area (Å²) in [7, 11) is -3.95. The molecule has 1 aliphatic rings. The van der Waals surface area contributed by atoms with Gasteiger partial charge in [-0.05, 0) is 41.3 Å². The molecule has 0 radical (unpaired) electrons. The summed E-state index contributed by atoms with van der Waals surface area (Å²) in [6.07, 6.45) is 0. The highest BCUT2D eigenvalue weighted by Gasteiger charge is 2.31. The quantitative estimate of drug-likeness (QED) is 0.762. The van der Waals surface area contributed by atoms with Gasteiger partial charge >= 0.3 is 0 Å². The van der Waals surface area contributed by atoms with Crippen LogP contribution in [0.15, 0.2) is 47.4 Å². The van der Waals surface area contributed by atoms with Gasteiger partial charge in [-0.2, -0.15) is 4.31 Å². The van der Waals surface area contributed by atoms with Gasteiger partial charge in [-0.1, -0.05) is 32.9 Å². The Kier molecular flexibility index (Phi) is 5.78. The minimum Gasteiger partial charge on any atom is -0.336 e. The summed E-state index contributed by atoms with van der Waals surface area (Å²) in [4.78, 5) is 14.0. The predicted octanol–water partition coefficient (Wildman–Crippen LogP) is 3.41. The molecule has 0 aliphatic carbocycles. The maximum Gasteiger partial charge on any atom is 0.253 e. The number of hydrogen-bond acceptors (Lipinski definition) is 3. The largest absolute Gasteiger partial charge is 0.336 e. The molecule has 5 nitrogen and oxygen atoms in total. The van der Waals surface area contributed by atoms with Crippen LogP contribution in [0.2, 0.25) is 0 Å². The maximum atomic E-state index is 13.4. The molecule has 2 aromatic rings. The number of halogens is 2. The number of carbonyl (C=O) groups excluding carboxylic acids is 1. The molecular formula is C21H24F2N2O3S. The van der Waals surface area contributed by atoms with E-state index in [1.807, 2.05) is 12.1 Å². The van der Waals surface area contributed by atoms with Gasteiger partial charge in [-0.3, -0.25) is 4.79 Å². The summed E-state index contributed by atoms with van der Waals surface area (Å²) in [5.41, 5.74) is 1.66. The lowest BCUT2D eigenvalue weighted by molar-refractivity contribution is 0.0698. The van der Waals surface area contributed by atoms with Crippen molar-refractivity contribution in [1.29, 1.82) is 0 Å². The van der Waals surface area contributed by atoms with Gasteiger partial charge in [0.05, 0.1) is 4.90 Å². The average Bonchev–Trinajstić information content (AvgIpc) is 2.69. The molecule has 0 aromatic heterocycles. The highest BCUT2D eigenvalue weighted by atomic mass is 32.2. The van der Waals surface area contributed by atoms with Gasteiger partial charge in [0, 0.05) is 31.7 Å². The molecule has 1 saturated heterocycles. The van der Waals surface area contributed by atoms with E-state index in [4.69, 9.17) is 0 Å². The molecule has 0 saturated carbocycles. The summed E-state index contributed by atoms with van der Waals surface area (Å²) in [6, 6.07) is 9.94. The number of sulfonamides is 1. The lowest BCUT2D eigenvalue weighted by Crippen LogP contribution is -2.50. The van der Waals surface area contributed by atoms with E-state index in [1.54, 1.807) is 17.0 Å². The second-order valence-electron chi connectivity index (χ2n) is 8.10. The normalized spacial score (nSPS) is 16.1. The summed E-state index contributed by atoms with van der Waals surface area (Å²) >= 11 is 0. The molecule has 1 amide bonds. The molecule has 1 fully saturated rings. The molecule has 1 heterocycles. The third-order valence-corrected chi connectivity index (χ3v) is 6.95. The Hall–Kier alpha value is -2.32. The van der Waals surface area contributed by atoms with Gasteiger partial charge in [0.2, 0.25) is 10.0 Å². The Morgan fingerprint density at radius 3 is 2.00 bits per heavy atom. The Bertz CT molecular complexity index is 1010. The van der Waals surface area contributed by atoms with Crippen LogP contribution in [0.3, 0.4) is 0 Å². The van der Waals surface area contributed by atoms with Gasteiger partial charge in [0.15, 0.2) is 11.6 Å². The first-order valence-corrected chi connectivity index (χ1v) is 10.8. The predicted molar refractivity (Wildman–Crippen MR) is 106 cm³/mol. The van der Waals surface area contributed by atoms with E-state index in [1.165, 1.54) is 4.31 Å². The fourth-order valence-corrected chi connectivity index (χ4v) is 4.65. The second-order valence-corrected chi connectivity index (χ2v) is 10.0. The molecular weight excluding hydrogens is 398 g/mol. The first kappa shape index (κ1) is 21.4. The van der Waals surface area contributed by atoms with Gasteiger partial charge < -0.3 is 4.90 Å². The summed E-state index contributed by atoms with van der Waals surface area (Å²) < 4.78 is 53.0. The third-order valence-electron chi connectivity index (χ3n) is 5.05. The maximum absolute atomic E-state index is 13.4. The van der Waals surface area contributed by atoms with Crippen LogP contribution in [0.1, 0.15) is 36.7 Å². The molecule has 0 N–H and O–H groups in total. The summed E-state index contributed by atoms with van der Waals surface area (Å²) in [5.74, 6) is -2.47. The van der Waals surface area contributed by atoms with Crippen molar-refractivity contribution in [3.63, 3.8) is 0 Å². The van der Waals surface area contributed by atoms with E-state index in [9.17, 15) is 22.0 Å². The number of rotatable bonds is 3. The van der Waals surface area contributed by atoms with Gasteiger partial charge in [0.25, 0.3) is 5.91 Å². The van der Waals surface area contributed by atoms with E-state index in [0.29, 0.717) is 11.6 Å². The van der Waals surface area contributed by atoms with Crippen LogP contribution < -0.4 is 0 Å². The van der Waals surface area contributed by atoms with E-state index >= 15 is 0 Å². The highest BCUT2D eigenvalue weighted by molar-refractivity contribution is 7.89. The second kappa shape index (κ2) is 7.84. The highest BCUT2D eigenvalue weighted by Crippen LogP contribution is 2.23. The third kappa shape index (κ3) is 4.48. The van der Waals surface area contributed by atoms with Crippen LogP contribution in [0.25, 0.3) is 0 Å². The molecule has 3 rings (SSSR count). The standard InChI is InChI=1S/C21H24F2N2O3S/c1-21(2,3)16-6-4-15(5-7-16)20(26)24-10-12-25(13-11-24)29(27,28)17-8-9-18(22)19(23)14-17/h4-9,14H,10-13H2,1-3H3. The molecule has 156 valence electrons. The van der Waals surface area contributed by atoms with Crippen molar-refractivity contribution in [2.45, 2.75) is 31.1 Å². The zero-order valence-electron chi connectivity index (χ0n) is 16.7. The SMILES string of the molecule is CC(C)(C)c1ccc(C(=O)N2CCN(S(=O)(=O)c3ccc(F)c(F)c3)CC2)cc1. The molecule has 0 bridgehead atoms. The zero-order chi connectivity index (χ0) is 21.4. The minimum absolute atomic E-state index is 0.0125. The van der Waals surface area contributed by atoms with Crippen molar-refractivity contribution in [2.75, 3.05) is 26.2 Å². The van der Waals surface area contributed by atoms with E-state index < -0.39 is 21.7 Å². The number of piperazine rings is 1. The van der Waals surface area contributed by atoms with Gasteiger partial charge in [0.1, 0.15) is 0 Å². The van der Waals surface area contributed by atoms with Crippen LogP contribution in [-0.2, 0) is 15.4 Å². The van der Waals surface area contributed by atoms with Crippen LogP contribution in [0.5, 0.6) is 0 Å². The first-order valence-electron chi connectivity index (χ1n) is 9.35. The topological polar surface area (TPSA) is 57.7 Å². The fraction of sp³-hybridized carbons (Fsp3) is 0.381. The lowest BCUT2D eigenvalue weighted by Gasteiger charge is -2.34.